The molecule has 0 spiro atoms. The predicted octanol–water partition coefficient (Wildman–Crippen LogP) is 1.03. The van der Waals surface area contributed by atoms with Gasteiger partial charge in [-0.15, -0.1) is 0 Å². The lowest BCUT2D eigenvalue weighted by Gasteiger charge is -2.22. The fourth-order valence-corrected chi connectivity index (χ4v) is 2.27. The van der Waals surface area contributed by atoms with E-state index in [1.165, 1.54) is 10.6 Å². The summed E-state index contributed by atoms with van der Waals surface area (Å²) in [6.07, 6.45) is 3.03. The Morgan fingerprint density at radius 1 is 1.31 bits per heavy atom. The lowest BCUT2D eigenvalue weighted by molar-refractivity contribution is 0.599. The van der Waals surface area contributed by atoms with Crippen molar-refractivity contribution in [2.24, 2.45) is 5.73 Å². The van der Waals surface area contributed by atoms with E-state index in [4.69, 9.17) is 5.73 Å². The van der Waals surface area contributed by atoms with Gasteiger partial charge in [-0.05, 0) is 24.5 Å². The highest BCUT2D eigenvalue weighted by molar-refractivity contribution is 7.92. The smallest absolute Gasteiger partial charge is 0.232 e. The zero-order valence-electron chi connectivity index (χ0n) is 9.47. The molecule has 0 aromatic heterocycles. The molecule has 2 rings (SSSR count). The van der Waals surface area contributed by atoms with E-state index in [2.05, 4.69) is 0 Å². The number of nitrogens with two attached hydrogens (primary N) is 1. The minimum atomic E-state index is -3.23. The number of rotatable bonds is 3. The minimum Gasteiger partial charge on any atom is -0.321 e. The van der Waals surface area contributed by atoms with E-state index in [1.807, 2.05) is 18.2 Å². The number of anilines is 1. The first-order chi connectivity index (χ1) is 7.34. The van der Waals surface area contributed by atoms with E-state index in [0.717, 1.165) is 18.4 Å². The molecule has 5 heteroatoms. The number of nitrogens with zero attached hydrogens (tertiary/aromatic N) is 1. The Morgan fingerprint density at radius 3 is 2.38 bits per heavy atom. The minimum absolute atomic E-state index is 0.324. The average Bonchev–Trinajstić information content (AvgIpc) is 2.95. The lowest BCUT2D eigenvalue weighted by atomic mass is 10.0. The monoisotopic (exact) mass is 240 g/mol. The first-order valence-electron chi connectivity index (χ1n) is 5.17. The Hall–Kier alpha value is -1.07. The van der Waals surface area contributed by atoms with E-state index in [9.17, 15) is 8.42 Å². The highest BCUT2D eigenvalue weighted by Crippen LogP contribution is 2.46. The van der Waals surface area contributed by atoms with Crippen LogP contribution in [0.4, 0.5) is 5.69 Å². The summed E-state index contributed by atoms with van der Waals surface area (Å²) in [5, 5.41) is 0. The van der Waals surface area contributed by atoms with E-state index >= 15 is 0 Å². The normalized spacial score (nSPS) is 18.2. The Morgan fingerprint density at radius 2 is 1.88 bits per heavy atom. The summed E-state index contributed by atoms with van der Waals surface area (Å²) < 4.78 is 24.3. The van der Waals surface area contributed by atoms with Gasteiger partial charge in [-0.3, -0.25) is 4.31 Å². The van der Waals surface area contributed by atoms with E-state index < -0.39 is 10.0 Å². The molecule has 0 saturated heterocycles. The van der Waals surface area contributed by atoms with E-state index in [-0.39, 0.29) is 5.54 Å². The molecule has 1 aliphatic carbocycles. The molecule has 1 fully saturated rings. The van der Waals surface area contributed by atoms with Gasteiger partial charge in [-0.1, -0.05) is 18.2 Å². The van der Waals surface area contributed by atoms with Crippen LogP contribution in [0, 0.1) is 0 Å². The van der Waals surface area contributed by atoms with Crippen molar-refractivity contribution in [3.8, 4) is 0 Å². The molecule has 1 aliphatic rings. The Kier molecular flexibility index (Phi) is 2.47. The van der Waals surface area contributed by atoms with Gasteiger partial charge < -0.3 is 5.73 Å². The zero-order chi connectivity index (χ0) is 12.0. The molecule has 0 bridgehead atoms. The van der Waals surface area contributed by atoms with Gasteiger partial charge in [-0.2, -0.15) is 0 Å². The molecular weight excluding hydrogens is 224 g/mol. The van der Waals surface area contributed by atoms with Gasteiger partial charge >= 0.3 is 0 Å². The highest BCUT2D eigenvalue weighted by atomic mass is 32.2. The molecule has 88 valence electrons. The van der Waals surface area contributed by atoms with Crippen molar-refractivity contribution in [3.05, 3.63) is 29.8 Å². The first kappa shape index (κ1) is 11.4. The van der Waals surface area contributed by atoms with Crippen LogP contribution < -0.4 is 10.0 Å². The van der Waals surface area contributed by atoms with Gasteiger partial charge in [0.25, 0.3) is 0 Å². The molecule has 0 heterocycles. The average molecular weight is 240 g/mol. The fourth-order valence-electron chi connectivity index (χ4n) is 1.75. The Bertz CT molecular complexity index is 506. The quantitative estimate of drug-likeness (QED) is 0.858. The lowest BCUT2D eigenvalue weighted by Crippen LogP contribution is -2.29. The summed E-state index contributed by atoms with van der Waals surface area (Å²) in [5.74, 6) is 0. The van der Waals surface area contributed by atoms with Gasteiger partial charge in [0.2, 0.25) is 10.0 Å². The van der Waals surface area contributed by atoms with Crippen LogP contribution in [0.5, 0.6) is 0 Å². The van der Waals surface area contributed by atoms with Crippen molar-refractivity contribution in [2.45, 2.75) is 18.4 Å². The van der Waals surface area contributed by atoms with Gasteiger partial charge in [0.1, 0.15) is 0 Å². The third-order valence-corrected chi connectivity index (χ3v) is 4.26. The van der Waals surface area contributed by atoms with Crippen molar-refractivity contribution in [2.75, 3.05) is 17.6 Å². The van der Waals surface area contributed by atoms with Crippen LogP contribution in [0.25, 0.3) is 0 Å². The van der Waals surface area contributed by atoms with Crippen molar-refractivity contribution >= 4 is 15.7 Å². The number of benzene rings is 1. The second-order valence-electron chi connectivity index (χ2n) is 4.40. The summed E-state index contributed by atoms with van der Waals surface area (Å²) in [4.78, 5) is 0. The predicted molar refractivity (Wildman–Crippen MR) is 64.8 cm³/mol. The van der Waals surface area contributed by atoms with Crippen LogP contribution in [-0.2, 0) is 15.6 Å². The summed E-state index contributed by atoms with van der Waals surface area (Å²) in [7, 11) is -1.68. The SMILES string of the molecule is CN(c1ccccc1C1(N)CC1)S(C)(=O)=O. The third kappa shape index (κ3) is 1.92. The molecule has 2 N–H and O–H groups in total. The van der Waals surface area contributed by atoms with Gasteiger partial charge in [0.05, 0.1) is 11.9 Å². The maximum Gasteiger partial charge on any atom is 0.232 e. The van der Waals surface area contributed by atoms with Gasteiger partial charge in [0, 0.05) is 12.6 Å². The van der Waals surface area contributed by atoms with Crippen molar-refractivity contribution in [1.82, 2.24) is 0 Å². The molecule has 16 heavy (non-hydrogen) atoms. The molecular formula is C11H16N2O2S. The van der Waals surface area contributed by atoms with Crippen molar-refractivity contribution < 1.29 is 8.42 Å². The topological polar surface area (TPSA) is 63.4 Å². The van der Waals surface area contributed by atoms with Gasteiger partial charge in [0.15, 0.2) is 0 Å². The maximum atomic E-state index is 11.5. The second-order valence-corrected chi connectivity index (χ2v) is 6.42. The van der Waals surface area contributed by atoms with E-state index in [1.54, 1.807) is 13.1 Å². The molecule has 0 aliphatic heterocycles. The molecule has 1 saturated carbocycles. The maximum absolute atomic E-state index is 11.5. The van der Waals surface area contributed by atoms with Crippen LogP contribution in [-0.4, -0.2) is 21.7 Å². The number of para-hydroxylation sites is 1. The Labute approximate surface area is 96.1 Å². The molecule has 0 radical (unpaired) electrons. The van der Waals surface area contributed by atoms with Crippen LogP contribution in [0.1, 0.15) is 18.4 Å². The molecule has 4 nitrogen and oxygen atoms in total. The standard InChI is InChI=1S/C11H16N2O2S/c1-13(16(2,14)15)10-6-4-3-5-9(10)11(12)7-8-11/h3-6H,7-8,12H2,1-2H3. The summed E-state index contributed by atoms with van der Waals surface area (Å²) in [5.41, 5.74) is 7.41. The molecule has 0 atom stereocenters. The first-order valence-corrected chi connectivity index (χ1v) is 7.02. The van der Waals surface area contributed by atoms with Crippen LogP contribution in [0.15, 0.2) is 24.3 Å². The van der Waals surface area contributed by atoms with Gasteiger partial charge in [-0.25, -0.2) is 8.42 Å². The van der Waals surface area contributed by atoms with E-state index in [0.29, 0.717) is 5.69 Å². The highest BCUT2D eigenvalue weighted by Gasteiger charge is 2.42. The summed E-state index contributed by atoms with van der Waals surface area (Å²) >= 11 is 0. The number of hydrogen-bond donors (Lipinski definition) is 1. The van der Waals surface area contributed by atoms with Crippen LogP contribution in [0.2, 0.25) is 0 Å². The molecule has 0 amide bonds. The molecule has 1 aromatic carbocycles. The number of hydrogen-bond acceptors (Lipinski definition) is 3. The molecule has 0 unspecified atom stereocenters. The zero-order valence-corrected chi connectivity index (χ0v) is 10.3. The molecule has 1 aromatic rings. The van der Waals surface area contributed by atoms with Crippen molar-refractivity contribution in [1.29, 1.82) is 0 Å². The third-order valence-electron chi connectivity index (χ3n) is 3.07. The Balaban J connectivity index is 2.49. The summed E-state index contributed by atoms with van der Waals surface area (Å²) in [6.45, 7) is 0. The van der Waals surface area contributed by atoms with Crippen molar-refractivity contribution in [3.63, 3.8) is 0 Å². The second kappa shape index (κ2) is 3.46. The largest absolute Gasteiger partial charge is 0.321 e. The van der Waals surface area contributed by atoms with Crippen LogP contribution >= 0.6 is 0 Å². The summed E-state index contributed by atoms with van der Waals surface area (Å²) in [6, 6.07) is 7.42. The van der Waals surface area contributed by atoms with Crippen LogP contribution in [0.3, 0.4) is 0 Å². The number of sulfonamides is 1. The fraction of sp³-hybridized carbons (Fsp3) is 0.455.